The van der Waals surface area contributed by atoms with Crippen molar-refractivity contribution < 1.29 is 28.6 Å². The number of carbonyl (C=O) groups is 2. The summed E-state index contributed by atoms with van der Waals surface area (Å²) in [5.74, 6) is -0.0701. The minimum Gasteiger partial charge on any atom is -0.504 e. The van der Waals surface area contributed by atoms with E-state index in [1.165, 1.54) is 30.0 Å². The van der Waals surface area contributed by atoms with Gasteiger partial charge in [-0.15, -0.1) is 0 Å². The molecule has 2 amide bonds. The molecule has 1 fully saturated rings. The van der Waals surface area contributed by atoms with E-state index in [0.717, 1.165) is 44.6 Å². The van der Waals surface area contributed by atoms with Crippen LogP contribution in [-0.4, -0.2) is 59.7 Å². The lowest BCUT2D eigenvalue weighted by Crippen LogP contribution is -2.42. The van der Waals surface area contributed by atoms with Gasteiger partial charge in [-0.05, 0) is 89.4 Å². The number of aromatic nitrogens is 1. The molecule has 0 atom stereocenters. The van der Waals surface area contributed by atoms with Crippen LogP contribution < -0.4 is 20.1 Å². The smallest absolute Gasteiger partial charge is 0.239 e. The maximum atomic E-state index is 14.0. The Bertz CT molecular complexity index is 1490. The molecule has 236 valence electrons. The molecule has 4 rings (SSSR count). The standard InChI is InChI=1S/C34H43FN4O5/c1-5-39(6-2)18-7-19-43-31-20-27-28(21-29(31)40)36-17-14-30(27)44-26(22-35)13-10-24(4)37-32(41)34(15-16-34)33(42)38-25-11-8-23(3)9-12-25/h8,10-11,13-14,17,20-21,40H,5-7,9,12,15-16,18-19,22H2,1-4H3,(H,37,41)(H,38,42)/b24-10+,26-13+. The predicted octanol–water partition coefficient (Wildman–Crippen LogP) is 5.82. The van der Waals surface area contributed by atoms with Crippen molar-refractivity contribution in [3.05, 3.63) is 71.4 Å². The number of fused-ring (bicyclic) bond motifs is 1. The van der Waals surface area contributed by atoms with E-state index in [1.807, 2.05) is 19.1 Å². The average Bonchev–Trinajstić information content (AvgIpc) is 3.83. The Morgan fingerprint density at radius 3 is 2.55 bits per heavy atom. The van der Waals surface area contributed by atoms with Crippen LogP contribution in [0.2, 0.25) is 0 Å². The average molecular weight is 607 g/mol. The molecule has 1 heterocycles. The van der Waals surface area contributed by atoms with Crippen molar-refractivity contribution in [3.63, 3.8) is 0 Å². The number of hydrogen-bond donors (Lipinski definition) is 3. The summed E-state index contributed by atoms with van der Waals surface area (Å²) in [6, 6.07) is 4.75. The van der Waals surface area contributed by atoms with Crippen LogP contribution in [0.25, 0.3) is 10.9 Å². The van der Waals surface area contributed by atoms with Gasteiger partial charge < -0.3 is 30.1 Å². The highest BCUT2D eigenvalue weighted by Crippen LogP contribution is 2.46. The third-order valence-corrected chi connectivity index (χ3v) is 8.01. The molecule has 0 saturated heterocycles. The highest BCUT2D eigenvalue weighted by Gasteiger charge is 2.56. The van der Waals surface area contributed by atoms with Crippen molar-refractivity contribution in [2.75, 3.05) is 32.9 Å². The molecule has 1 aromatic carbocycles. The van der Waals surface area contributed by atoms with Gasteiger partial charge in [-0.25, -0.2) is 4.39 Å². The number of alkyl halides is 1. The van der Waals surface area contributed by atoms with Gasteiger partial charge in [0.15, 0.2) is 11.5 Å². The summed E-state index contributed by atoms with van der Waals surface area (Å²) < 4.78 is 25.8. The van der Waals surface area contributed by atoms with Crippen molar-refractivity contribution >= 4 is 22.7 Å². The van der Waals surface area contributed by atoms with Gasteiger partial charge in [0.25, 0.3) is 0 Å². The molecular formula is C34H43FN4O5. The number of nitrogens with one attached hydrogen (secondary N) is 2. The number of phenols is 1. The molecule has 3 N–H and O–H groups in total. The number of nitrogens with zero attached hydrogens (tertiary/aromatic N) is 2. The summed E-state index contributed by atoms with van der Waals surface area (Å²) in [4.78, 5) is 32.5. The topological polar surface area (TPSA) is 113 Å². The number of pyridine rings is 1. The van der Waals surface area contributed by atoms with Crippen molar-refractivity contribution in [1.82, 2.24) is 20.5 Å². The van der Waals surface area contributed by atoms with Crippen LogP contribution in [0.4, 0.5) is 4.39 Å². The number of halogens is 1. The molecule has 0 spiro atoms. The SMILES string of the molecule is CCN(CC)CCCOc1cc2c(O/C(=C/C=C(\C)NC(=O)C3(C(=O)NC4=CC=C(C)CC4)CC3)CF)ccnc2cc1O. The summed E-state index contributed by atoms with van der Waals surface area (Å²) in [6.07, 6.45) is 11.7. The fourth-order valence-corrected chi connectivity index (χ4v) is 4.95. The van der Waals surface area contributed by atoms with Crippen molar-refractivity contribution in [3.8, 4) is 17.2 Å². The molecule has 0 bridgehead atoms. The van der Waals surface area contributed by atoms with Gasteiger partial charge in [-0.3, -0.25) is 14.6 Å². The Morgan fingerprint density at radius 1 is 1.11 bits per heavy atom. The molecule has 9 nitrogen and oxygen atoms in total. The van der Waals surface area contributed by atoms with Gasteiger partial charge in [0.1, 0.15) is 23.6 Å². The van der Waals surface area contributed by atoms with E-state index in [2.05, 4.69) is 34.4 Å². The van der Waals surface area contributed by atoms with Gasteiger partial charge in [0.2, 0.25) is 11.8 Å². The Labute approximate surface area is 258 Å². The van der Waals surface area contributed by atoms with Crippen LogP contribution in [0.5, 0.6) is 17.2 Å². The molecule has 44 heavy (non-hydrogen) atoms. The molecular weight excluding hydrogens is 563 g/mol. The maximum absolute atomic E-state index is 14.0. The highest BCUT2D eigenvalue weighted by atomic mass is 19.1. The molecule has 0 aliphatic heterocycles. The van der Waals surface area contributed by atoms with E-state index in [1.54, 1.807) is 19.1 Å². The second kappa shape index (κ2) is 15.0. The number of allylic oxidation sites excluding steroid dienone is 8. The lowest BCUT2D eigenvalue weighted by molar-refractivity contribution is -0.136. The Kier molecular flexibility index (Phi) is 11.2. The highest BCUT2D eigenvalue weighted by molar-refractivity contribution is 6.08. The third kappa shape index (κ3) is 8.25. The molecule has 2 aliphatic rings. The van der Waals surface area contributed by atoms with Gasteiger partial charge >= 0.3 is 0 Å². The fraction of sp³-hybridized carbons (Fsp3) is 0.441. The van der Waals surface area contributed by atoms with Gasteiger partial charge in [-0.2, -0.15) is 0 Å². The van der Waals surface area contributed by atoms with E-state index < -0.39 is 12.1 Å². The Morgan fingerprint density at radius 2 is 1.89 bits per heavy atom. The molecule has 1 saturated carbocycles. The molecule has 1 aromatic heterocycles. The minimum absolute atomic E-state index is 0.00678. The predicted molar refractivity (Wildman–Crippen MR) is 169 cm³/mol. The molecule has 0 unspecified atom stereocenters. The third-order valence-electron chi connectivity index (χ3n) is 8.01. The van der Waals surface area contributed by atoms with E-state index >= 15 is 0 Å². The normalized spacial score (nSPS) is 16.3. The summed E-state index contributed by atoms with van der Waals surface area (Å²) in [5.41, 5.74) is 1.88. The number of aromatic hydroxyl groups is 1. The monoisotopic (exact) mass is 606 g/mol. The van der Waals surface area contributed by atoms with Gasteiger partial charge in [0, 0.05) is 35.6 Å². The first-order valence-corrected chi connectivity index (χ1v) is 15.3. The second-order valence-electron chi connectivity index (χ2n) is 11.3. The number of hydrogen-bond acceptors (Lipinski definition) is 7. The summed E-state index contributed by atoms with van der Waals surface area (Å²) in [6.45, 7) is 10.3. The van der Waals surface area contributed by atoms with Gasteiger partial charge in [0.05, 0.1) is 12.1 Å². The van der Waals surface area contributed by atoms with Crippen molar-refractivity contribution in [2.45, 2.75) is 59.8 Å². The quantitative estimate of drug-likeness (QED) is 0.101. The number of ether oxygens (including phenoxy) is 2. The maximum Gasteiger partial charge on any atom is 0.239 e. The van der Waals surface area contributed by atoms with Crippen LogP contribution in [0.15, 0.2) is 71.4 Å². The first-order valence-electron chi connectivity index (χ1n) is 15.3. The number of carbonyl (C=O) groups excluding carboxylic acids is 2. The zero-order valence-corrected chi connectivity index (χ0v) is 26.0. The lowest BCUT2D eigenvalue weighted by atomic mass is 10.0. The number of amides is 2. The molecule has 2 aromatic rings. The summed E-state index contributed by atoms with van der Waals surface area (Å²) in [5, 5.41) is 16.7. The fourth-order valence-electron chi connectivity index (χ4n) is 4.95. The zero-order valence-electron chi connectivity index (χ0n) is 26.0. The Hall–Kier alpha value is -4.18. The van der Waals surface area contributed by atoms with Gasteiger partial charge in [-0.1, -0.05) is 25.5 Å². The number of phenolic OH excluding ortho intramolecular Hbond substituents is 1. The summed E-state index contributed by atoms with van der Waals surface area (Å²) >= 11 is 0. The van der Waals surface area contributed by atoms with Crippen LogP contribution in [0, 0.1) is 5.41 Å². The summed E-state index contributed by atoms with van der Waals surface area (Å²) in [7, 11) is 0. The first kappa shape index (κ1) is 32.7. The van der Waals surface area contributed by atoms with E-state index in [-0.39, 0.29) is 23.3 Å². The lowest BCUT2D eigenvalue weighted by Gasteiger charge is -2.18. The van der Waals surface area contributed by atoms with Crippen LogP contribution in [0.1, 0.15) is 59.8 Å². The first-order chi connectivity index (χ1) is 21.2. The van der Waals surface area contributed by atoms with Crippen LogP contribution in [0.3, 0.4) is 0 Å². The van der Waals surface area contributed by atoms with E-state index in [9.17, 15) is 19.1 Å². The van der Waals surface area contributed by atoms with Crippen LogP contribution in [-0.2, 0) is 9.59 Å². The van der Waals surface area contributed by atoms with Crippen molar-refractivity contribution in [1.29, 1.82) is 0 Å². The molecule has 0 radical (unpaired) electrons. The molecule has 10 heteroatoms. The Balaban J connectivity index is 1.40. The van der Waals surface area contributed by atoms with E-state index in [0.29, 0.717) is 47.5 Å². The van der Waals surface area contributed by atoms with E-state index in [4.69, 9.17) is 9.47 Å². The molecule has 2 aliphatic carbocycles. The van der Waals surface area contributed by atoms with Crippen LogP contribution >= 0.6 is 0 Å². The zero-order chi connectivity index (χ0) is 31.7. The second-order valence-corrected chi connectivity index (χ2v) is 11.3. The number of benzene rings is 1. The minimum atomic E-state index is -1.10. The number of rotatable bonds is 15. The largest absolute Gasteiger partial charge is 0.504 e. The van der Waals surface area contributed by atoms with Crippen molar-refractivity contribution in [2.24, 2.45) is 5.41 Å².